The average Bonchev–Trinajstić information content (AvgIpc) is 1.85. The second kappa shape index (κ2) is 3.03. The fourth-order valence-electron chi connectivity index (χ4n) is 1.68. The summed E-state index contributed by atoms with van der Waals surface area (Å²) in [6.45, 7) is 4.28. The van der Waals surface area contributed by atoms with E-state index in [0.29, 0.717) is 12.1 Å². The summed E-state index contributed by atoms with van der Waals surface area (Å²) in [7, 11) is 0. The van der Waals surface area contributed by atoms with Crippen molar-refractivity contribution in [3.63, 3.8) is 0 Å². The molecule has 1 heterocycles. The lowest BCUT2D eigenvalue weighted by Gasteiger charge is -2.29. The fourth-order valence-corrected chi connectivity index (χ4v) is 1.68. The molecule has 0 saturated carbocycles. The van der Waals surface area contributed by atoms with E-state index in [1.165, 1.54) is 0 Å². The lowest BCUT2D eigenvalue weighted by Crippen LogP contribution is -2.41. The summed E-state index contributed by atoms with van der Waals surface area (Å²) >= 11 is 0. The number of nitriles is 1. The van der Waals surface area contributed by atoms with Crippen molar-refractivity contribution in [2.45, 2.75) is 38.8 Å². The molecule has 0 aliphatic carbocycles. The van der Waals surface area contributed by atoms with Crippen molar-refractivity contribution in [3.8, 4) is 6.07 Å². The molecule has 1 saturated heterocycles. The molecule has 0 aromatic heterocycles. The maximum Gasteiger partial charge on any atom is 0.0657 e. The first-order valence-corrected chi connectivity index (χ1v) is 3.88. The molecule has 1 aliphatic rings. The van der Waals surface area contributed by atoms with Gasteiger partial charge in [-0.1, -0.05) is 0 Å². The summed E-state index contributed by atoms with van der Waals surface area (Å²) < 4.78 is 0. The minimum Gasteiger partial charge on any atom is -0.312 e. The van der Waals surface area contributed by atoms with Gasteiger partial charge in [-0.2, -0.15) is 5.26 Å². The van der Waals surface area contributed by atoms with Gasteiger partial charge in [0.1, 0.15) is 0 Å². The third kappa shape index (κ3) is 1.71. The molecule has 0 aromatic carbocycles. The Labute approximate surface area is 62.2 Å². The van der Waals surface area contributed by atoms with Gasteiger partial charge >= 0.3 is 0 Å². The topological polar surface area (TPSA) is 35.8 Å². The van der Waals surface area contributed by atoms with Crippen LogP contribution in [-0.2, 0) is 0 Å². The maximum absolute atomic E-state index is 8.65. The summed E-state index contributed by atoms with van der Waals surface area (Å²) in [6, 6.07) is 3.37. The van der Waals surface area contributed by atoms with Gasteiger partial charge in [-0.3, -0.25) is 0 Å². The molecule has 0 radical (unpaired) electrons. The standard InChI is InChI=1S/C8H14N2/c1-6-3-8(5-9)4-7(2)10-6/h6-8,10H,3-4H2,1-2H3. The van der Waals surface area contributed by atoms with Crippen molar-refractivity contribution in [2.75, 3.05) is 0 Å². The molecule has 0 bridgehead atoms. The second-order valence-electron chi connectivity index (χ2n) is 3.27. The number of piperidine rings is 1. The molecule has 56 valence electrons. The van der Waals surface area contributed by atoms with Crippen LogP contribution in [0.25, 0.3) is 0 Å². The van der Waals surface area contributed by atoms with Crippen LogP contribution in [0.5, 0.6) is 0 Å². The number of rotatable bonds is 0. The highest BCUT2D eigenvalue weighted by Crippen LogP contribution is 2.18. The third-order valence-electron chi connectivity index (χ3n) is 2.03. The largest absolute Gasteiger partial charge is 0.312 e. The Morgan fingerprint density at radius 2 is 1.80 bits per heavy atom. The zero-order valence-electron chi connectivity index (χ0n) is 6.59. The van der Waals surface area contributed by atoms with E-state index in [1.54, 1.807) is 0 Å². The van der Waals surface area contributed by atoms with Gasteiger partial charge in [-0.15, -0.1) is 0 Å². The van der Waals surface area contributed by atoms with E-state index >= 15 is 0 Å². The molecule has 0 spiro atoms. The molecular formula is C8H14N2. The average molecular weight is 138 g/mol. The van der Waals surface area contributed by atoms with Gasteiger partial charge in [0.15, 0.2) is 0 Å². The van der Waals surface area contributed by atoms with Crippen molar-refractivity contribution in [1.29, 1.82) is 5.26 Å². The van der Waals surface area contributed by atoms with Crippen molar-refractivity contribution >= 4 is 0 Å². The van der Waals surface area contributed by atoms with Gasteiger partial charge < -0.3 is 5.32 Å². The Balaban J connectivity index is 2.44. The van der Waals surface area contributed by atoms with Crippen LogP contribution in [0.4, 0.5) is 0 Å². The van der Waals surface area contributed by atoms with E-state index < -0.39 is 0 Å². The molecule has 0 aromatic rings. The summed E-state index contributed by atoms with van der Waals surface area (Å²) in [4.78, 5) is 0. The summed E-state index contributed by atoms with van der Waals surface area (Å²) in [5, 5.41) is 12.0. The van der Waals surface area contributed by atoms with Crippen LogP contribution in [-0.4, -0.2) is 12.1 Å². The van der Waals surface area contributed by atoms with Crippen molar-refractivity contribution in [3.05, 3.63) is 0 Å². The van der Waals surface area contributed by atoms with Crippen LogP contribution >= 0.6 is 0 Å². The lowest BCUT2D eigenvalue weighted by molar-refractivity contribution is 0.305. The van der Waals surface area contributed by atoms with Crippen molar-refractivity contribution in [2.24, 2.45) is 5.92 Å². The number of nitrogens with one attached hydrogen (secondary N) is 1. The van der Waals surface area contributed by atoms with Crippen LogP contribution in [0.15, 0.2) is 0 Å². The molecule has 0 amide bonds. The molecule has 2 unspecified atom stereocenters. The summed E-state index contributed by atoms with van der Waals surface area (Å²) in [6.07, 6.45) is 2.03. The van der Waals surface area contributed by atoms with E-state index in [0.717, 1.165) is 12.8 Å². The van der Waals surface area contributed by atoms with E-state index in [4.69, 9.17) is 5.26 Å². The predicted molar refractivity (Wildman–Crippen MR) is 40.4 cm³/mol. The zero-order valence-corrected chi connectivity index (χ0v) is 6.59. The van der Waals surface area contributed by atoms with Crippen molar-refractivity contribution in [1.82, 2.24) is 5.32 Å². The molecule has 1 aliphatic heterocycles. The van der Waals surface area contributed by atoms with Gasteiger partial charge in [0, 0.05) is 18.0 Å². The van der Waals surface area contributed by atoms with E-state index in [9.17, 15) is 0 Å². The molecule has 1 rings (SSSR count). The zero-order chi connectivity index (χ0) is 7.56. The van der Waals surface area contributed by atoms with Crippen LogP contribution in [0.1, 0.15) is 26.7 Å². The highest BCUT2D eigenvalue weighted by molar-refractivity contribution is 4.92. The van der Waals surface area contributed by atoms with Crippen LogP contribution in [0.3, 0.4) is 0 Å². The summed E-state index contributed by atoms with van der Waals surface area (Å²) in [5.41, 5.74) is 0. The van der Waals surface area contributed by atoms with Crippen LogP contribution in [0, 0.1) is 17.2 Å². The molecule has 10 heavy (non-hydrogen) atoms. The van der Waals surface area contributed by atoms with E-state index in [2.05, 4.69) is 25.2 Å². The van der Waals surface area contributed by atoms with Gasteiger partial charge in [0.25, 0.3) is 0 Å². The Bertz CT molecular complexity index is 138. The predicted octanol–water partition coefficient (Wildman–Crippen LogP) is 1.29. The van der Waals surface area contributed by atoms with Gasteiger partial charge in [-0.25, -0.2) is 0 Å². The molecule has 1 fully saturated rings. The molecule has 2 atom stereocenters. The van der Waals surface area contributed by atoms with E-state index in [-0.39, 0.29) is 5.92 Å². The highest BCUT2D eigenvalue weighted by Gasteiger charge is 2.22. The van der Waals surface area contributed by atoms with Gasteiger partial charge in [-0.05, 0) is 26.7 Å². The maximum atomic E-state index is 8.65. The quantitative estimate of drug-likeness (QED) is 0.547. The van der Waals surface area contributed by atoms with Gasteiger partial charge in [0.05, 0.1) is 6.07 Å². The molecule has 2 heteroatoms. The molecule has 2 nitrogen and oxygen atoms in total. The lowest BCUT2D eigenvalue weighted by atomic mass is 9.90. The first-order valence-electron chi connectivity index (χ1n) is 3.88. The highest BCUT2D eigenvalue weighted by atomic mass is 14.9. The molecule has 1 N–H and O–H groups in total. The van der Waals surface area contributed by atoms with Crippen LogP contribution < -0.4 is 5.32 Å². The van der Waals surface area contributed by atoms with E-state index in [1.807, 2.05) is 0 Å². The normalized spacial score (nSPS) is 40.7. The first-order chi connectivity index (χ1) is 4.72. The Hall–Kier alpha value is -0.550. The molecular weight excluding hydrogens is 124 g/mol. The minimum absolute atomic E-state index is 0.284. The van der Waals surface area contributed by atoms with Crippen LogP contribution in [0.2, 0.25) is 0 Å². The smallest absolute Gasteiger partial charge is 0.0657 e. The first kappa shape index (κ1) is 7.56. The SMILES string of the molecule is CC1CC(C#N)CC(C)N1. The van der Waals surface area contributed by atoms with Crippen molar-refractivity contribution < 1.29 is 0 Å². The third-order valence-corrected chi connectivity index (χ3v) is 2.03. The minimum atomic E-state index is 0.284. The number of hydrogen-bond acceptors (Lipinski definition) is 2. The second-order valence-corrected chi connectivity index (χ2v) is 3.27. The fraction of sp³-hybridized carbons (Fsp3) is 0.875. The Morgan fingerprint density at radius 3 is 2.20 bits per heavy atom. The summed E-state index contributed by atoms with van der Waals surface area (Å²) in [5.74, 6) is 0.284. The monoisotopic (exact) mass is 138 g/mol. The van der Waals surface area contributed by atoms with Gasteiger partial charge in [0.2, 0.25) is 0 Å². The Kier molecular flexibility index (Phi) is 2.29. The Morgan fingerprint density at radius 1 is 1.30 bits per heavy atom. The number of hydrogen-bond donors (Lipinski definition) is 1. The number of nitrogens with zero attached hydrogens (tertiary/aromatic N) is 1.